The smallest absolute Gasteiger partial charge is 0.205 e. The quantitative estimate of drug-likeness (QED) is 0.797. The van der Waals surface area contributed by atoms with Crippen molar-refractivity contribution in [1.82, 2.24) is 9.36 Å². The molecule has 1 aliphatic carbocycles. The molecule has 0 amide bonds. The molecule has 1 heterocycles. The summed E-state index contributed by atoms with van der Waals surface area (Å²) in [5.41, 5.74) is 5.54. The Morgan fingerprint density at radius 3 is 2.93 bits per heavy atom. The molecule has 0 bridgehead atoms. The second-order valence-electron chi connectivity index (χ2n) is 3.58. The van der Waals surface area contributed by atoms with E-state index in [1.807, 2.05) is 0 Å². The van der Waals surface area contributed by atoms with Crippen LogP contribution in [-0.4, -0.2) is 29.0 Å². The molecule has 78 valence electrons. The lowest BCUT2D eigenvalue weighted by Gasteiger charge is -2.17. The largest absolute Gasteiger partial charge is 0.346 e. The molecule has 14 heavy (non-hydrogen) atoms. The van der Waals surface area contributed by atoms with Crippen LogP contribution in [0.2, 0.25) is 0 Å². The van der Waals surface area contributed by atoms with Crippen LogP contribution in [0.15, 0.2) is 0 Å². The Morgan fingerprint density at radius 1 is 1.57 bits per heavy atom. The average molecular weight is 212 g/mol. The van der Waals surface area contributed by atoms with Crippen molar-refractivity contribution in [3.05, 3.63) is 5.82 Å². The number of hydrogen-bond acceptors (Lipinski definition) is 5. The maximum atomic E-state index is 5.54. The Bertz CT molecular complexity index is 295. The van der Waals surface area contributed by atoms with Gasteiger partial charge in [0.25, 0.3) is 0 Å². The summed E-state index contributed by atoms with van der Waals surface area (Å²) in [6.07, 6.45) is 2.53. The molecule has 1 aromatic heterocycles. The van der Waals surface area contributed by atoms with E-state index in [9.17, 15) is 0 Å². The minimum atomic E-state index is 0.650. The second-order valence-corrected chi connectivity index (χ2v) is 4.31. The van der Waals surface area contributed by atoms with Gasteiger partial charge in [0.05, 0.1) is 0 Å². The third kappa shape index (κ3) is 2.04. The van der Waals surface area contributed by atoms with E-state index < -0.39 is 0 Å². The molecule has 1 saturated carbocycles. The van der Waals surface area contributed by atoms with Gasteiger partial charge in [0.15, 0.2) is 0 Å². The standard InChI is InChI=1S/C9H16N4S/c1-2-13(6-5-10)9-11-8(12-14-9)7-3-4-7/h7H,2-6,10H2,1H3. The number of nitrogens with two attached hydrogens (primary N) is 1. The number of rotatable bonds is 5. The van der Waals surface area contributed by atoms with E-state index in [2.05, 4.69) is 21.2 Å². The summed E-state index contributed by atoms with van der Waals surface area (Å²) in [5, 5.41) is 1.03. The van der Waals surface area contributed by atoms with E-state index in [-0.39, 0.29) is 0 Å². The molecule has 1 fully saturated rings. The van der Waals surface area contributed by atoms with Crippen molar-refractivity contribution in [1.29, 1.82) is 0 Å². The number of likely N-dealkylation sites (N-methyl/N-ethyl adjacent to an activating group) is 1. The first-order valence-electron chi connectivity index (χ1n) is 5.13. The van der Waals surface area contributed by atoms with Crippen LogP contribution in [0.1, 0.15) is 31.5 Å². The van der Waals surface area contributed by atoms with Crippen LogP contribution in [0.25, 0.3) is 0 Å². The Balaban J connectivity index is 2.05. The summed E-state index contributed by atoms with van der Waals surface area (Å²) >= 11 is 1.50. The lowest BCUT2D eigenvalue weighted by Crippen LogP contribution is -2.28. The van der Waals surface area contributed by atoms with Crippen molar-refractivity contribution >= 4 is 16.7 Å². The van der Waals surface area contributed by atoms with Crippen molar-refractivity contribution in [2.75, 3.05) is 24.5 Å². The fourth-order valence-electron chi connectivity index (χ4n) is 1.41. The number of aromatic nitrogens is 2. The number of anilines is 1. The lowest BCUT2D eigenvalue weighted by atomic mass is 10.4. The summed E-state index contributed by atoms with van der Waals surface area (Å²) in [6, 6.07) is 0. The predicted octanol–water partition coefficient (Wildman–Crippen LogP) is 1.20. The summed E-state index contributed by atoms with van der Waals surface area (Å²) in [5.74, 6) is 1.69. The molecule has 5 heteroatoms. The topological polar surface area (TPSA) is 55.0 Å². The van der Waals surface area contributed by atoms with E-state index in [4.69, 9.17) is 5.73 Å². The number of nitrogens with zero attached hydrogens (tertiary/aromatic N) is 3. The SMILES string of the molecule is CCN(CCN)c1nc(C2CC2)ns1. The van der Waals surface area contributed by atoms with Crippen molar-refractivity contribution in [3.8, 4) is 0 Å². The van der Waals surface area contributed by atoms with Gasteiger partial charge in [-0.1, -0.05) is 0 Å². The monoisotopic (exact) mass is 212 g/mol. The molecular weight excluding hydrogens is 196 g/mol. The highest BCUT2D eigenvalue weighted by atomic mass is 32.1. The van der Waals surface area contributed by atoms with Gasteiger partial charge < -0.3 is 10.6 Å². The minimum absolute atomic E-state index is 0.650. The Morgan fingerprint density at radius 2 is 2.36 bits per heavy atom. The van der Waals surface area contributed by atoms with Crippen LogP contribution in [-0.2, 0) is 0 Å². The van der Waals surface area contributed by atoms with E-state index in [0.717, 1.165) is 24.0 Å². The highest BCUT2D eigenvalue weighted by Gasteiger charge is 2.28. The van der Waals surface area contributed by atoms with Crippen LogP contribution in [0.3, 0.4) is 0 Å². The molecule has 0 aliphatic heterocycles. The maximum absolute atomic E-state index is 5.54. The molecule has 0 atom stereocenters. The zero-order valence-corrected chi connectivity index (χ0v) is 9.26. The second kappa shape index (κ2) is 4.23. The van der Waals surface area contributed by atoms with Gasteiger partial charge in [0, 0.05) is 37.1 Å². The van der Waals surface area contributed by atoms with Gasteiger partial charge in [-0.15, -0.1) is 0 Å². The zero-order valence-electron chi connectivity index (χ0n) is 8.44. The molecular formula is C9H16N4S. The molecule has 1 aliphatic rings. The van der Waals surface area contributed by atoms with Crippen molar-refractivity contribution < 1.29 is 0 Å². The summed E-state index contributed by atoms with van der Waals surface area (Å²) in [7, 11) is 0. The summed E-state index contributed by atoms with van der Waals surface area (Å²) in [6.45, 7) is 4.62. The maximum Gasteiger partial charge on any atom is 0.205 e. The first kappa shape index (κ1) is 9.86. The highest BCUT2D eigenvalue weighted by Crippen LogP contribution is 2.39. The molecule has 0 aromatic carbocycles. The zero-order chi connectivity index (χ0) is 9.97. The predicted molar refractivity (Wildman–Crippen MR) is 58.8 cm³/mol. The minimum Gasteiger partial charge on any atom is -0.346 e. The van der Waals surface area contributed by atoms with E-state index in [0.29, 0.717) is 12.5 Å². The third-order valence-corrected chi connectivity index (χ3v) is 3.22. The van der Waals surface area contributed by atoms with Gasteiger partial charge in [-0.05, 0) is 19.8 Å². The first-order chi connectivity index (χ1) is 6.85. The van der Waals surface area contributed by atoms with Crippen LogP contribution in [0.4, 0.5) is 5.13 Å². The molecule has 2 N–H and O–H groups in total. The van der Waals surface area contributed by atoms with E-state index >= 15 is 0 Å². The van der Waals surface area contributed by atoms with Gasteiger partial charge in [-0.3, -0.25) is 0 Å². The molecule has 1 aromatic rings. The van der Waals surface area contributed by atoms with Crippen molar-refractivity contribution in [2.24, 2.45) is 5.73 Å². The van der Waals surface area contributed by atoms with Crippen molar-refractivity contribution in [2.45, 2.75) is 25.7 Å². The van der Waals surface area contributed by atoms with E-state index in [1.165, 1.54) is 24.4 Å². The highest BCUT2D eigenvalue weighted by molar-refractivity contribution is 7.09. The van der Waals surface area contributed by atoms with Gasteiger partial charge in [-0.25, -0.2) is 4.98 Å². The molecule has 0 unspecified atom stereocenters. The Hall–Kier alpha value is -0.680. The third-order valence-electron chi connectivity index (χ3n) is 2.42. The Kier molecular flexibility index (Phi) is 2.98. The first-order valence-corrected chi connectivity index (χ1v) is 5.91. The molecule has 2 rings (SSSR count). The summed E-state index contributed by atoms with van der Waals surface area (Å²) < 4.78 is 4.38. The Labute approximate surface area is 88.3 Å². The molecule has 0 radical (unpaired) electrons. The fraction of sp³-hybridized carbons (Fsp3) is 0.778. The average Bonchev–Trinajstić information content (AvgIpc) is 2.94. The fourth-order valence-corrected chi connectivity index (χ4v) is 2.24. The van der Waals surface area contributed by atoms with Crippen LogP contribution >= 0.6 is 11.5 Å². The van der Waals surface area contributed by atoms with Crippen molar-refractivity contribution in [3.63, 3.8) is 0 Å². The lowest BCUT2D eigenvalue weighted by molar-refractivity contribution is 0.807. The number of hydrogen-bond donors (Lipinski definition) is 1. The molecule has 0 spiro atoms. The van der Waals surface area contributed by atoms with Crippen LogP contribution in [0, 0.1) is 0 Å². The van der Waals surface area contributed by atoms with Gasteiger partial charge >= 0.3 is 0 Å². The van der Waals surface area contributed by atoms with Gasteiger partial charge in [0.2, 0.25) is 5.13 Å². The van der Waals surface area contributed by atoms with Crippen LogP contribution in [0.5, 0.6) is 0 Å². The normalized spacial score (nSPS) is 15.9. The molecule has 4 nitrogen and oxygen atoms in total. The summed E-state index contributed by atoms with van der Waals surface area (Å²) in [4.78, 5) is 6.72. The van der Waals surface area contributed by atoms with E-state index in [1.54, 1.807) is 0 Å². The van der Waals surface area contributed by atoms with Crippen LogP contribution < -0.4 is 10.6 Å². The van der Waals surface area contributed by atoms with Gasteiger partial charge in [0.1, 0.15) is 5.82 Å². The van der Waals surface area contributed by atoms with Gasteiger partial charge in [-0.2, -0.15) is 4.37 Å². The molecule has 0 saturated heterocycles.